The monoisotopic (exact) mass is 489 g/mol. The van der Waals surface area contributed by atoms with E-state index in [9.17, 15) is 4.79 Å². The molecule has 0 aliphatic carbocycles. The first-order valence-electron chi connectivity index (χ1n) is 11.7. The molecule has 0 atom stereocenters. The number of aromatic nitrogens is 6. The predicted molar refractivity (Wildman–Crippen MR) is 137 cm³/mol. The average molecular weight is 490 g/mol. The van der Waals surface area contributed by atoms with Gasteiger partial charge in [-0.2, -0.15) is 5.10 Å². The molecular weight excluding hydrogens is 458 g/mol. The standard InChI is InChI=1S/C26H31N7OS/c1-18(2)15-32-24(29-30-26(32)35-17-21-8-10-27-11-9-21)14-28-25(34)23-7-5-6-22(13-23)16-33-20(4)12-19(3)31-33/h5-13,18H,14-17H2,1-4H3,(H,28,34). The van der Waals surface area contributed by atoms with Gasteiger partial charge in [-0.1, -0.05) is 37.7 Å². The minimum absolute atomic E-state index is 0.134. The van der Waals surface area contributed by atoms with E-state index < -0.39 is 0 Å². The van der Waals surface area contributed by atoms with Crippen molar-refractivity contribution in [2.45, 2.75) is 58.2 Å². The number of hydrogen-bond acceptors (Lipinski definition) is 6. The Hall–Kier alpha value is -3.46. The van der Waals surface area contributed by atoms with Crippen LogP contribution in [0.4, 0.5) is 0 Å². The van der Waals surface area contributed by atoms with Crippen molar-refractivity contribution in [3.8, 4) is 0 Å². The lowest BCUT2D eigenvalue weighted by Crippen LogP contribution is -2.25. The van der Waals surface area contributed by atoms with Crippen LogP contribution < -0.4 is 5.32 Å². The zero-order valence-electron chi connectivity index (χ0n) is 20.6. The van der Waals surface area contributed by atoms with E-state index in [4.69, 9.17) is 0 Å². The van der Waals surface area contributed by atoms with Gasteiger partial charge in [-0.05, 0) is 61.2 Å². The highest BCUT2D eigenvalue weighted by Gasteiger charge is 2.16. The van der Waals surface area contributed by atoms with Gasteiger partial charge in [-0.3, -0.25) is 14.5 Å². The molecule has 9 heteroatoms. The Morgan fingerprint density at radius 2 is 1.86 bits per heavy atom. The lowest BCUT2D eigenvalue weighted by molar-refractivity contribution is 0.0949. The molecule has 0 unspecified atom stereocenters. The number of rotatable bonds is 10. The molecule has 3 aromatic heterocycles. The van der Waals surface area contributed by atoms with Crippen LogP contribution in [0.15, 0.2) is 60.0 Å². The summed E-state index contributed by atoms with van der Waals surface area (Å²) < 4.78 is 4.06. The first-order valence-corrected chi connectivity index (χ1v) is 12.7. The third kappa shape index (κ3) is 6.57. The van der Waals surface area contributed by atoms with Gasteiger partial charge in [0.05, 0.1) is 18.8 Å². The Balaban J connectivity index is 1.42. The highest BCUT2D eigenvalue weighted by Crippen LogP contribution is 2.23. The maximum Gasteiger partial charge on any atom is 0.251 e. The number of benzene rings is 1. The molecule has 0 radical (unpaired) electrons. The summed E-state index contributed by atoms with van der Waals surface area (Å²) in [5, 5.41) is 17.2. The van der Waals surface area contributed by atoms with Gasteiger partial charge in [0, 0.05) is 35.9 Å². The number of carbonyl (C=O) groups is 1. The van der Waals surface area contributed by atoms with Crippen molar-refractivity contribution in [3.63, 3.8) is 0 Å². The molecule has 182 valence electrons. The van der Waals surface area contributed by atoms with Crippen LogP contribution in [-0.2, 0) is 25.4 Å². The highest BCUT2D eigenvalue weighted by molar-refractivity contribution is 7.98. The van der Waals surface area contributed by atoms with E-state index in [0.29, 0.717) is 24.6 Å². The summed E-state index contributed by atoms with van der Waals surface area (Å²) in [4.78, 5) is 17.0. The lowest BCUT2D eigenvalue weighted by Gasteiger charge is -2.13. The van der Waals surface area contributed by atoms with Crippen molar-refractivity contribution in [3.05, 3.63) is 88.8 Å². The van der Waals surface area contributed by atoms with Crippen molar-refractivity contribution in [1.29, 1.82) is 0 Å². The Morgan fingerprint density at radius 3 is 2.57 bits per heavy atom. The molecule has 0 saturated carbocycles. The third-order valence-corrected chi connectivity index (χ3v) is 6.53. The van der Waals surface area contributed by atoms with Crippen LogP contribution in [0.2, 0.25) is 0 Å². The summed E-state index contributed by atoms with van der Waals surface area (Å²) in [6.07, 6.45) is 3.59. The van der Waals surface area contributed by atoms with Gasteiger partial charge >= 0.3 is 0 Å². The summed E-state index contributed by atoms with van der Waals surface area (Å²) in [7, 11) is 0. The second-order valence-corrected chi connectivity index (χ2v) is 9.96. The predicted octanol–water partition coefficient (Wildman–Crippen LogP) is 4.41. The molecule has 8 nitrogen and oxygen atoms in total. The smallest absolute Gasteiger partial charge is 0.251 e. The summed E-state index contributed by atoms with van der Waals surface area (Å²) in [6, 6.07) is 13.7. The minimum Gasteiger partial charge on any atom is -0.345 e. The lowest BCUT2D eigenvalue weighted by atomic mass is 10.1. The first kappa shape index (κ1) is 24.7. The molecule has 0 aliphatic heterocycles. The van der Waals surface area contributed by atoms with Crippen LogP contribution in [0.3, 0.4) is 0 Å². The normalized spacial score (nSPS) is 11.2. The zero-order valence-corrected chi connectivity index (χ0v) is 21.4. The quantitative estimate of drug-likeness (QED) is 0.332. The van der Waals surface area contributed by atoms with Gasteiger partial charge in [0.2, 0.25) is 0 Å². The summed E-state index contributed by atoms with van der Waals surface area (Å²) in [5.74, 6) is 1.83. The van der Waals surface area contributed by atoms with E-state index in [1.54, 1.807) is 24.2 Å². The van der Waals surface area contributed by atoms with Crippen molar-refractivity contribution < 1.29 is 4.79 Å². The number of amides is 1. The SMILES string of the molecule is Cc1cc(C)n(Cc2cccc(C(=O)NCc3nnc(SCc4ccncc4)n3CC(C)C)c2)n1. The molecule has 1 aromatic carbocycles. The molecule has 1 amide bonds. The Bertz CT molecular complexity index is 1280. The van der Waals surface area contributed by atoms with Crippen LogP contribution in [-0.4, -0.2) is 35.4 Å². The third-order valence-electron chi connectivity index (χ3n) is 5.49. The van der Waals surface area contributed by atoms with Crippen molar-refractivity contribution in [2.75, 3.05) is 0 Å². The highest BCUT2D eigenvalue weighted by atomic mass is 32.2. The molecule has 0 spiro atoms. The number of nitrogens with zero attached hydrogens (tertiary/aromatic N) is 6. The number of hydrogen-bond donors (Lipinski definition) is 1. The number of thioether (sulfide) groups is 1. The maximum absolute atomic E-state index is 12.9. The van der Waals surface area contributed by atoms with Crippen LogP contribution in [0.1, 0.15) is 52.5 Å². The van der Waals surface area contributed by atoms with Gasteiger partial charge in [0.15, 0.2) is 11.0 Å². The Kier molecular flexibility index (Phi) is 7.97. The molecule has 4 rings (SSSR count). The molecule has 0 bridgehead atoms. The van der Waals surface area contributed by atoms with E-state index in [-0.39, 0.29) is 5.91 Å². The number of aryl methyl sites for hydroxylation is 2. The van der Waals surface area contributed by atoms with Gasteiger partial charge < -0.3 is 9.88 Å². The van der Waals surface area contributed by atoms with Gasteiger partial charge in [0.25, 0.3) is 5.91 Å². The molecule has 1 N–H and O–H groups in total. The van der Waals surface area contributed by atoms with Crippen LogP contribution in [0, 0.1) is 19.8 Å². The van der Waals surface area contributed by atoms with Crippen molar-refractivity contribution in [2.24, 2.45) is 5.92 Å². The second-order valence-electron chi connectivity index (χ2n) is 9.02. The molecule has 0 aliphatic rings. The van der Waals surface area contributed by atoms with E-state index in [1.807, 2.05) is 61.0 Å². The van der Waals surface area contributed by atoms with E-state index in [0.717, 1.165) is 40.2 Å². The van der Waals surface area contributed by atoms with E-state index >= 15 is 0 Å². The van der Waals surface area contributed by atoms with E-state index in [2.05, 4.69) is 44.0 Å². The second kappa shape index (κ2) is 11.3. The van der Waals surface area contributed by atoms with Gasteiger partial charge in [-0.15, -0.1) is 10.2 Å². The van der Waals surface area contributed by atoms with Gasteiger partial charge in [0.1, 0.15) is 0 Å². The molecular formula is C26H31N7OS. The summed E-state index contributed by atoms with van der Waals surface area (Å²) in [6.45, 7) is 10.1. The Labute approximate surface area is 210 Å². The van der Waals surface area contributed by atoms with Crippen LogP contribution in [0.5, 0.6) is 0 Å². The van der Waals surface area contributed by atoms with Gasteiger partial charge in [-0.25, -0.2) is 0 Å². The van der Waals surface area contributed by atoms with Crippen molar-refractivity contribution in [1.82, 2.24) is 34.8 Å². The van der Waals surface area contributed by atoms with E-state index in [1.165, 1.54) is 5.56 Å². The fraction of sp³-hybridized carbons (Fsp3) is 0.346. The largest absolute Gasteiger partial charge is 0.345 e. The van der Waals surface area contributed by atoms with Crippen LogP contribution >= 0.6 is 11.8 Å². The maximum atomic E-state index is 12.9. The summed E-state index contributed by atoms with van der Waals surface area (Å²) >= 11 is 1.64. The number of nitrogens with one attached hydrogen (secondary N) is 1. The van der Waals surface area contributed by atoms with Crippen LogP contribution in [0.25, 0.3) is 0 Å². The molecule has 4 aromatic rings. The topological polar surface area (TPSA) is 90.5 Å². The number of pyridine rings is 1. The fourth-order valence-electron chi connectivity index (χ4n) is 3.81. The molecule has 0 fully saturated rings. The summed E-state index contributed by atoms with van der Waals surface area (Å²) in [5.41, 5.74) is 4.91. The fourth-order valence-corrected chi connectivity index (χ4v) is 4.73. The molecule has 3 heterocycles. The molecule has 35 heavy (non-hydrogen) atoms. The number of carbonyl (C=O) groups excluding carboxylic acids is 1. The first-order chi connectivity index (χ1) is 16.9. The average Bonchev–Trinajstić information content (AvgIpc) is 3.37. The zero-order chi connectivity index (χ0) is 24.8. The Morgan fingerprint density at radius 1 is 1.06 bits per heavy atom. The van der Waals surface area contributed by atoms with Crippen molar-refractivity contribution >= 4 is 17.7 Å². The minimum atomic E-state index is -0.134. The molecule has 0 saturated heterocycles.